The van der Waals surface area contributed by atoms with Gasteiger partial charge in [0.1, 0.15) is 0 Å². The zero-order chi connectivity index (χ0) is 15.1. The Morgan fingerprint density at radius 3 is 2.50 bits per heavy atom. The van der Waals surface area contributed by atoms with Gasteiger partial charge in [-0.2, -0.15) is 0 Å². The minimum atomic E-state index is -0.275. The van der Waals surface area contributed by atoms with Crippen molar-refractivity contribution >= 4 is 34.2 Å². The van der Waals surface area contributed by atoms with E-state index in [1.165, 1.54) is 4.57 Å². The van der Waals surface area contributed by atoms with Crippen LogP contribution in [0.5, 0.6) is 0 Å². The van der Waals surface area contributed by atoms with Gasteiger partial charge in [-0.25, -0.2) is 0 Å². The molecule has 0 aliphatic heterocycles. The number of para-hydroxylation sites is 1. The first-order valence-corrected chi connectivity index (χ1v) is 7.12. The average Bonchev–Trinajstić information content (AvgIpc) is 2.56. The number of benzene rings is 2. The summed E-state index contributed by atoms with van der Waals surface area (Å²) in [5.74, 6) is 0. The van der Waals surface area contributed by atoms with Crippen molar-refractivity contribution < 1.29 is 0 Å². The van der Waals surface area contributed by atoms with Gasteiger partial charge in [-0.3, -0.25) is 9.36 Å². The van der Waals surface area contributed by atoms with Crippen LogP contribution in [-0.2, 0) is 0 Å². The van der Waals surface area contributed by atoms with Gasteiger partial charge in [0.2, 0.25) is 0 Å². The van der Waals surface area contributed by atoms with E-state index in [9.17, 15) is 4.79 Å². The summed E-state index contributed by atoms with van der Waals surface area (Å²) < 4.78 is 1.77. The fraction of sp³-hybridized carbons (Fsp3) is 0. The number of fused-ring (bicyclic) bond motifs is 3. The van der Waals surface area contributed by atoms with Crippen molar-refractivity contribution in [3.8, 4) is 5.69 Å². The monoisotopic (exact) mass is 306 g/mol. The van der Waals surface area contributed by atoms with Gasteiger partial charge in [-0.05, 0) is 30.4 Å². The second-order valence-electron chi connectivity index (χ2n) is 4.85. The molecule has 0 fully saturated rings. The van der Waals surface area contributed by atoms with Crippen LogP contribution in [0.1, 0.15) is 0 Å². The molecule has 22 heavy (non-hydrogen) atoms. The molecule has 0 spiro atoms. The second-order valence-corrected chi connectivity index (χ2v) is 5.23. The van der Waals surface area contributed by atoms with Gasteiger partial charge >= 0.3 is 0 Å². The van der Waals surface area contributed by atoms with Gasteiger partial charge in [0.05, 0.1) is 16.7 Å². The molecule has 4 aromatic rings. The predicted molar refractivity (Wildman–Crippen MR) is 87.8 cm³/mol. The first-order chi connectivity index (χ1) is 10.8. The zero-order valence-corrected chi connectivity index (χ0v) is 12.2. The van der Waals surface area contributed by atoms with Crippen LogP contribution in [0.4, 0.5) is 0 Å². The third-order valence-corrected chi connectivity index (χ3v) is 3.81. The van der Waals surface area contributed by atoms with Gasteiger partial charge in [0, 0.05) is 5.39 Å². The van der Waals surface area contributed by atoms with Gasteiger partial charge in [0.15, 0.2) is 10.3 Å². The summed E-state index contributed by atoms with van der Waals surface area (Å²) in [5, 5.41) is 9.02. The molecular formula is C16H10N4OS. The average molecular weight is 306 g/mol. The number of nitrogens with one attached hydrogen (secondary N) is 1. The van der Waals surface area contributed by atoms with Crippen molar-refractivity contribution in [2.75, 3.05) is 0 Å². The van der Waals surface area contributed by atoms with E-state index in [4.69, 9.17) is 12.2 Å². The Morgan fingerprint density at radius 2 is 1.68 bits per heavy atom. The Kier molecular flexibility index (Phi) is 2.83. The number of nitrogens with zero attached hydrogens (tertiary/aromatic N) is 3. The van der Waals surface area contributed by atoms with E-state index in [1.807, 2.05) is 54.6 Å². The third kappa shape index (κ3) is 1.85. The normalized spacial score (nSPS) is 11.1. The molecule has 2 aromatic heterocycles. The fourth-order valence-electron chi connectivity index (χ4n) is 2.50. The minimum absolute atomic E-state index is 0.274. The summed E-state index contributed by atoms with van der Waals surface area (Å²) in [4.78, 5) is 15.9. The standard InChI is InChI=1S/C16H10N4OS/c21-15-14-13(11-8-4-5-9-12(11)18-19-14)17-16(22)20(15)10-6-2-1-3-7-10/h1-9H,(H,17,22). The molecule has 0 atom stereocenters. The predicted octanol–water partition coefficient (Wildman–Crippen LogP) is 2.99. The first-order valence-electron chi connectivity index (χ1n) is 6.71. The fourth-order valence-corrected chi connectivity index (χ4v) is 2.79. The lowest BCUT2D eigenvalue weighted by Crippen LogP contribution is -2.21. The molecule has 2 aromatic carbocycles. The highest BCUT2D eigenvalue weighted by atomic mass is 32.1. The van der Waals surface area contributed by atoms with Crippen LogP contribution in [0.15, 0.2) is 59.4 Å². The smallest absolute Gasteiger partial charge is 0.287 e. The minimum Gasteiger partial charge on any atom is -0.329 e. The van der Waals surface area contributed by atoms with Crippen LogP contribution >= 0.6 is 12.2 Å². The van der Waals surface area contributed by atoms with Gasteiger partial charge in [0.25, 0.3) is 5.56 Å². The SMILES string of the molecule is O=c1c2nnc3ccccc3c2[nH]c(=S)n1-c1ccccc1. The quantitative estimate of drug-likeness (QED) is 0.434. The highest BCUT2D eigenvalue weighted by Crippen LogP contribution is 2.18. The summed E-state index contributed by atoms with van der Waals surface area (Å²) in [7, 11) is 0. The number of hydrogen-bond donors (Lipinski definition) is 1. The Balaban J connectivity index is 2.18. The van der Waals surface area contributed by atoms with Crippen LogP contribution in [0.2, 0.25) is 0 Å². The van der Waals surface area contributed by atoms with E-state index in [2.05, 4.69) is 15.2 Å². The third-order valence-electron chi connectivity index (χ3n) is 3.52. The highest BCUT2D eigenvalue weighted by Gasteiger charge is 2.11. The van der Waals surface area contributed by atoms with Gasteiger partial charge in [-0.1, -0.05) is 36.4 Å². The van der Waals surface area contributed by atoms with Crippen molar-refractivity contribution in [1.29, 1.82) is 0 Å². The summed E-state index contributed by atoms with van der Waals surface area (Å²) >= 11 is 5.37. The molecule has 4 rings (SSSR count). The van der Waals surface area contributed by atoms with Crippen LogP contribution < -0.4 is 5.56 Å². The lowest BCUT2D eigenvalue weighted by Gasteiger charge is -2.08. The molecular weight excluding hydrogens is 296 g/mol. The molecule has 2 heterocycles. The number of hydrogen-bond acceptors (Lipinski definition) is 4. The Labute approximate surface area is 129 Å². The maximum absolute atomic E-state index is 12.8. The summed E-state index contributed by atoms with van der Waals surface area (Å²) in [6, 6.07) is 16.8. The highest BCUT2D eigenvalue weighted by molar-refractivity contribution is 7.71. The largest absolute Gasteiger partial charge is 0.329 e. The second kappa shape index (κ2) is 4.85. The van der Waals surface area contributed by atoms with Crippen LogP contribution in [-0.4, -0.2) is 19.7 Å². The van der Waals surface area contributed by atoms with E-state index in [0.717, 1.165) is 10.9 Å². The molecule has 106 valence electrons. The molecule has 0 unspecified atom stereocenters. The molecule has 0 aliphatic carbocycles. The molecule has 0 saturated heterocycles. The Hall–Kier alpha value is -2.86. The number of aromatic nitrogens is 4. The van der Waals surface area contributed by atoms with Crippen LogP contribution in [0.25, 0.3) is 27.6 Å². The van der Waals surface area contributed by atoms with Crippen molar-refractivity contribution in [1.82, 2.24) is 19.7 Å². The zero-order valence-electron chi connectivity index (χ0n) is 11.4. The molecule has 0 saturated carbocycles. The Morgan fingerprint density at radius 1 is 0.955 bits per heavy atom. The van der Waals surface area contributed by atoms with Crippen LogP contribution in [0.3, 0.4) is 0 Å². The number of H-pyrrole nitrogens is 1. The first kappa shape index (κ1) is 12.8. The van der Waals surface area contributed by atoms with E-state index in [1.54, 1.807) is 0 Å². The van der Waals surface area contributed by atoms with Gasteiger partial charge < -0.3 is 4.98 Å². The molecule has 6 heteroatoms. The molecule has 0 amide bonds. The lowest BCUT2D eigenvalue weighted by atomic mass is 10.2. The van der Waals surface area contributed by atoms with Gasteiger partial charge in [-0.15, -0.1) is 10.2 Å². The van der Waals surface area contributed by atoms with Crippen molar-refractivity contribution in [3.63, 3.8) is 0 Å². The number of aromatic amines is 1. The maximum atomic E-state index is 12.8. The summed E-state index contributed by atoms with van der Waals surface area (Å²) in [6.07, 6.45) is 0. The molecule has 0 radical (unpaired) electrons. The topological polar surface area (TPSA) is 63.6 Å². The summed E-state index contributed by atoms with van der Waals surface area (Å²) in [5.41, 5.74) is 2.04. The van der Waals surface area contributed by atoms with Crippen LogP contribution in [0, 0.1) is 4.77 Å². The lowest BCUT2D eigenvalue weighted by molar-refractivity contribution is 0.925. The van der Waals surface area contributed by atoms with E-state index in [0.29, 0.717) is 16.0 Å². The molecule has 5 nitrogen and oxygen atoms in total. The Bertz CT molecular complexity index is 1120. The molecule has 0 bridgehead atoms. The number of rotatable bonds is 1. The summed E-state index contributed by atoms with van der Waals surface area (Å²) in [6.45, 7) is 0. The van der Waals surface area contributed by atoms with E-state index >= 15 is 0 Å². The molecule has 1 N–H and O–H groups in total. The van der Waals surface area contributed by atoms with E-state index in [-0.39, 0.29) is 11.1 Å². The van der Waals surface area contributed by atoms with Crippen molar-refractivity contribution in [2.45, 2.75) is 0 Å². The van der Waals surface area contributed by atoms with E-state index < -0.39 is 0 Å². The van der Waals surface area contributed by atoms with Crippen molar-refractivity contribution in [3.05, 3.63) is 69.7 Å². The maximum Gasteiger partial charge on any atom is 0.287 e. The van der Waals surface area contributed by atoms with Crippen molar-refractivity contribution in [2.24, 2.45) is 0 Å². The molecule has 0 aliphatic rings.